The second-order valence-corrected chi connectivity index (χ2v) is 5.54. The summed E-state index contributed by atoms with van der Waals surface area (Å²) in [5.74, 6) is 0.765. The maximum absolute atomic E-state index is 4.54. The van der Waals surface area contributed by atoms with E-state index in [0.717, 1.165) is 23.5 Å². The van der Waals surface area contributed by atoms with Gasteiger partial charge in [0.15, 0.2) is 0 Å². The predicted octanol–water partition coefficient (Wildman–Crippen LogP) is 3.50. The third-order valence-corrected chi connectivity index (χ3v) is 3.88. The van der Waals surface area contributed by atoms with Crippen molar-refractivity contribution in [2.24, 2.45) is 5.92 Å². The van der Waals surface area contributed by atoms with E-state index in [1.807, 2.05) is 12.1 Å². The second-order valence-electron chi connectivity index (χ2n) is 5.54. The van der Waals surface area contributed by atoms with Crippen molar-refractivity contribution in [2.45, 2.75) is 53.1 Å². The van der Waals surface area contributed by atoms with Gasteiger partial charge >= 0.3 is 0 Å². The normalized spacial score (nSPS) is 12.9. The molecular formula is C16H26N4. The lowest BCUT2D eigenvalue weighted by Gasteiger charge is -2.14. The minimum Gasteiger partial charge on any atom is -0.296 e. The van der Waals surface area contributed by atoms with E-state index in [0.29, 0.717) is 6.67 Å². The minimum atomic E-state index is 0.691. The summed E-state index contributed by atoms with van der Waals surface area (Å²) in [4.78, 5) is 1.77. The van der Waals surface area contributed by atoms with Gasteiger partial charge in [-0.25, -0.2) is 0 Å². The topological polar surface area (TPSA) is 42.7 Å². The number of unbranched alkanes of at least 4 members (excludes halogenated alkanes) is 1. The van der Waals surface area contributed by atoms with Crippen LogP contribution in [0, 0.1) is 12.8 Å². The van der Waals surface area contributed by atoms with Gasteiger partial charge in [0.05, 0.1) is 0 Å². The highest BCUT2D eigenvalue weighted by Gasteiger charge is 2.07. The molecule has 2 rings (SSSR count). The maximum atomic E-state index is 4.54. The van der Waals surface area contributed by atoms with Crippen molar-refractivity contribution < 1.29 is 0 Å². The fourth-order valence-corrected chi connectivity index (χ4v) is 2.50. The molecule has 4 heteroatoms. The molecule has 2 aromatic rings. The molecule has 0 amide bonds. The van der Waals surface area contributed by atoms with Crippen LogP contribution in [0.1, 0.15) is 45.1 Å². The summed E-state index contributed by atoms with van der Waals surface area (Å²) in [7, 11) is 0. The molecule has 1 aromatic carbocycles. The second kappa shape index (κ2) is 7.39. The van der Waals surface area contributed by atoms with Crippen molar-refractivity contribution in [1.29, 1.82) is 0 Å². The molecule has 0 saturated carbocycles. The summed E-state index contributed by atoms with van der Waals surface area (Å²) >= 11 is 0. The summed E-state index contributed by atoms with van der Waals surface area (Å²) in [6.45, 7) is 8.34. The Morgan fingerprint density at radius 1 is 1.25 bits per heavy atom. The van der Waals surface area contributed by atoms with E-state index < -0.39 is 0 Å². The Bertz CT molecular complexity index is 532. The number of nitrogens with zero attached hydrogens (tertiary/aromatic N) is 3. The Kier molecular flexibility index (Phi) is 5.53. The van der Waals surface area contributed by atoms with Crippen molar-refractivity contribution in [1.82, 2.24) is 20.3 Å². The van der Waals surface area contributed by atoms with E-state index in [1.165, 1.54) is 31.2 Å². The van der Waals surface area contributed by atoms with Gasteiger partial charge in [0.1, 0.15) is 17.7 Å². The molecule has 1 unspecified atom stereocenters. The molecule has 1 aromatic heterocycles. The molecule has 1 heterocycles. The van der Waals surface area contributed by atoms with Gasteiger partial charge in [0.25, 0.3) is 0 Å². The van der Waals surface area contributed by atoms with Crippen molar-refractivity contribution in [3.05, 3.63) is 23.8 Å². The molecule has 4 nitrogen and oxygen atoms in total. The molecule has 0 bridgehead atoms. The first-order valence-corrected chi connectivity index (χ1v) is 7.75. The summed E-state index contributed by atoms with van der Waals surface area (Å²) < 4.78 is 0. The van der Waals surface area contributed by atoms with Gasteiger partial charge in [0, 0.05) is 0 Å². The van der Waals surface area contributed by atoms with E-state index in [2.05, 4.69) is 42.4 Å². The van der Waals surface area contributed by atoms with Gasteiger partial charge in [0.2, 0.25) is 0 Å². The standard InChI is InChI=1S/C16H26N4/c1-4-6-9-14(5-2)11-17-12-20-18-15-10-7-8-13(3)16(15)19-20/h7-8,10,14,17H,4-6,9,11-12H2,1-3H3. The molecule has 0 aliphatic carbocycles. The van der Waals surface area contributed by atoms with Gasteiger partial charge in [-0.15, -0.1) is 0 Å². The van der Waals surface area contributed by atoms with Crippen LogP contribution in [0.5, 0.6) is 0 Å². The number of benzene rings is 1. The lowest BCUT2D eigenvalue weighted by atomic mass is 10.00. The van der Waals surface area contributed by atoms with Crippen LogP contribution in [-0.2, 0) is 6.67 Å². The van der Waals surface area contributed by atoms with E-state index in [4.69, 9.17) is 0 Å². The summed E-state index contributed by atoms with van der Waals surface area (Å²) in [6, 6.07) is 6.12. The van der Waals surface area contributed by atoms with Crippen molar-refractivity contribution in [3.63, 3.8) is 0 Å². The molecule has 1 N–H and O–H groups in total. The van der Waals surface area contributed by atoms with Crippen LogP contribution in [-0.4, -0.2) is 21.5 Å². The third-order valence-electron chi connectivity index (χ3n) is 3.88. The first kappa shape index (κ1) is 15.0. The van der Waals surface area contributed by atoms with Crippen LogP contribution < -0.4 is 5.32 Å². The van der Waals surface area contributed by atoms with E-state index >= 15 is 0 Å². The fraction of sp³-hybridized carbons (Fsp3) is 0.625. The number of hydrogen-bond donors (Lipinski definition) is 1. The zero-order valence-electron chi connectivity index (χ0n) is 12.9. The highest BCUT2D eigenvalue weighted by atomic mass is 15.5. The Hall–Kier alpha value is -1.42. The SMILES string of the molecule is CCCCC(CC)CNCn1nc2cccc(C)c2n1. The summed E-state index contributed by atoms with van der Waals surface area (Å²) in [6.07, 6.45) is 5.15. The van der Waals surface area contributed by atoms with Crippen LogP contribution in [0.4, 0.5) is 0 Å². The van der Waals surface area contributed by atoms with Gasteiger partial charge in [-0.2, -0.15) is 15.0 Å². The monoisotopic (exact) mass is 274 g/mol. The first-order valence-electron chi connectivity index (χ1n) is 7.75. The number of aromatic nitrogens is 3. The highest BCUT2D eigenvalue weighted by molar-refractivity contribution is 5.76. The smallest absolute Gasteiger partial charge is 0.116 e. The summed E-state index contributed by atoms with van der Waals surface area (Å²) in [5, 5.41) is 12.5. The number of hydrogen-bond acceptors (Lipinski definition) is 3. The third kappa shape index (κ3) is 3.79. The number of rotatable bonds is 8. The zero-order valence-corrected chi connectivity index (χ0v) is 12.9. The van der Waals surface area contributed by atoms with Crippen molar-refractivity contribution in [3.8, 4) is 0 Å². The van der Waals surface area contributed by atoms with Crippen LogP contribution in [0.3, 0.4) is 0 Å². The number of nitrogens with one attached hydrogen (secondary N) is 1. The average Bonchev–Trinajstić information content (AvgIpc) is 2.87. The quantitative estimate of drug-likeness (QED) is 0.801. The average molecular weight is 274 g/mol. The molecular weight excluding hydrogens is 248 g/mol. The number of fused-ring (bicyclic) bond motifs is 1. The van der Waals surface area contributed by atoms with Crippen LogP contribution in [0.2, 0.25) is 0 Å². The van der Waals surface area contributed by atoms with Crippen molar-refractivity contribution >= 4 is 11.0 Å². The van der Waals surface area contributed by atoms with Crippen LogP contribution in [0.15, 0.2) is 18.2 Å². The lowest BCUT2D eigenvalue weighted by molar-refractivity contribution is 0.377. The summed E-state index contributed by atoms with van der Waals surface area (Å²) in [5.41, 5.74) is 3.17. The van der Waals surface area contributed by atoms with Crippen molar-refractivity contribution in [2.75, 3.05) is 6.54 Å². The Morgan fingerprint density at radius 3 is 2.80 bits per heavy atom. The Labute approximate surface area is 121 Å². The fourth-order valence-electron chi connectivity index (χ4n) is 2.50. The molecule has 20 heavy (non-hydrogen) atoms. The Balaban J connectivity index is 1.87. The number of aryl methyl sites for hydroxylation is 1. The van der Waals surface area contributed by atoms with Gasteiger partial charge in [-0.1, -0.05) is 45.2 Å². The van der Waals surface area contributed by atoms with Crippen LogP contribution >= 0.6 is 0 Å². The largest absolute Gasteiger partial charge is 0.296 e. The molecule has 0 spiro atoms. The molecule has 0 saturated heterocycles. The molecule has 110 valence electrons. The maximum Gasteiger partial charge on any atom is 0.116 e. The lowest BCUT2D eigenvalue weighted by Crippen LogP contribution is -2.26. The molecule has 0 fully saturated rings. The molecule has 0 aliphatic heterocycles. The molecule has 0 aliphatic rings. The van der Waals surface area contributed by atoms with E-state index in [9.17, 15) is 0 Å². The molecule has 0 radical (unpaired) electrons. The van der Waals surface area contributed by atoms with E-state index in [1.54, 1.807) is 4.80 Å². The zero-order chi connectivity index (χ0) is 14.4. The minimum absolute atomic E-state index is 0.691. The molecule has 1 atom stereocenters. The first-order chi connectivity index (χ1) is 9.74. The van der Waals surface area contributed by atoms with Gasteiger partial charge in [-0.3, -0.25) is 5.32 Å². The Morgan fingerprint density at radius 2 is 2.10 bits per heavy atom. The highest BCUT2D eigenvalue weighted by Crippen LogP contribution is 2.13. The van der Waals surface area contributed by atoms with Crippen LogP contribution in [0.25, 0.3) is 11.0 Å². The predicted molar refractivity (Wildman–Crippen MR) is 83.6 cm³/mol. The van der Waals surface area contributed by atoms with Gasteiger partial charge < -0.3 is 0 Å². The van der Waals surface area contributed by atoms with Gasteiger partial charge in [-0.05, 0) is 37.4 Å². The van der Waals surface area contributed by atoms with E-state index in [-0.39, 0.29) is 0 Å².